The third-order valence-corrected chi connectivity index (χ3v) is 5.23. The first kappa shape index (κ1) is 20.7. The van der Waals surface area contributed by atoms with Crippen LogP contribution < -0.4 is 5.73 Å². The summed E-state index contributed by atoms with van der Waals surface area (Å²) in [5.41, 5.74) is 5.65. The molecule has 2 aliphatic heterocycles. The van der Waals surface area contributed by atoms with E-state index in [2.05, 4.69) is 0 Å². The number of nitrogens with two attached hydrogens (primary N) is 1. The van der Waals surface area contributed by atoms with Gasteiger partial charge >= 0.3 is 12.3 Å². The summed E-state index contributed by atoms with van der Waals surface area (Å²) in [6.07, 6.45) is -5.92. The van der Waals surface area contributed by atoms with Crippen LogP contribution in [0.1, 0.15) is 18.0 Å². The van der Waals surface area contributed by atoms with Crippen LogP contribution in [0.5, 0.6) is 0 Å². The molecule has 154 valence electrons. The number of halogens is 5. The van der Waals surface area contributed by atoms with Gasteiger partial charge in [0.05, 0.1) is 24.2 Å². The number of ether oxygens (including phenoxy) is 1. The third kappa shape index (κ3) is 4.49. The number of alkyl halides is 3. The summed E-state index contributed by atoms with van der Waals surface area (Å²) in [7, 11) is 0. The van der Waals surface area contributed by atoms with Crippen molar-refractivity contribution in [3.63, 3.8) is 0 Å². The molecule has 3 atom stereocenters. The van der Waals surface area contributed by atoms with Crippen molar-refractivity contribution in [1.82, 2.24) is 9.80 Å². The van der Waals surface area contributed by atoms with Gasteiger partial charge in [0.1, 0.15) is 5.82 Å². The minimum absolute atomic E-state index is 0.0736. The lowest BCUT2D eigenvalue weighted by atomic mass is 9.90. The summed E-state index contributed by atoms with van der Waals surface area (Å²) in [5, 5.41) is -0.174. The molecule has 0 aliphatic carbocycles. The lowest BCUT2D eigenvalue weighted by molar-refractivity contribution is -0.144. The quantitative estimate of drug-likeness (QED) is 0.739. The van der Waals surface area contributed by atoms with Gasteiger partial charge in [-0.25, -0.2) is 9.18 Å². The Morgan fingerprint density at radius 1 is 1.36 bits per heavy atom. The highest BCUT2D eigenvalue weighted by molar-refractivity contribution is 6.30. The van der Waals surface area contributed by atoms with Gasteiger partial charge in [0.25, 0.3) is 5.91 Å². The first-order valence-electron chi connectivity index (χ1n) is 8.56. The summed E-state index contributed by atoms with van der Waals surface area (Å²) in [4.78, 5) is 26.2. The van der Waals surface area contributed by atoms with Crippen molar-refractivity contribution < 1.29 is 31.9 Å². The average molecular weight is 424 g/mol. The van der Waals surface area contributed by atoms with Crippen molar-refractivity contribution in [2.75, 3.05) is 26.2 Å². The molecule has 1 aromatic rings. The second kappa shape index (κ2) is 7.75. The fourth-order valence-corrected chi connectivity index (χ4v) is 3.96. The van der Waals surface area contributed by atoms with Crippen molar-refractivity contribution in [3.8, 4) is 0 Å². The first-order valence-corrected chi connectivity index (χ1v) is 8.93. The molecule has 0 radical (unpaired) electrons. The van der Waals surface area contributed by atoms with Crippen LogP contribution >= 0.6 is 11.6 Å². The molecule has 0 spiro atoms. The smallest absolute Gasteiger partial charge is 0.411 e. The summed E-state index contributed by atoms with van der Waals surface area (Å²) >= 11 is 5.86. The lowest BCUT2D eigenvalue weighted by Crippen LogP contribution is -2.39. The molecule has 2 aliphatic rings. The number of carbonyl (C=O) groups excluding carboxylic acids is 2. The van der Waals surface area contributed by atoms with Gasteiger partial charge in [0, 0.05) is 6.54 Å². The topological polar surface area (TPSA) is 75.9 Å². The molecule has 2 N–H and O–H groups in total. The Hall–Kier alpha value is -2.07. The largest absolute Gasteiger partial charge is 0.434 e. The molecule has 2 fully saturated rings. The van der Waals surface area contributed by atoms with Crippen LogP contribution in [-0.4, -0.2) is 60.3 Å². The summed E-state index contributed by atoms with van der Waals surface area (Å²) in [6, 6.07) is 3.15. The predicted octanol–water partition coefficient (Wildman–Crippen LogP) is 2.71. The molecule has 11 heteroatoms. The van der Waals surface area contributed by atoms with Crippen LogP contribution in [-0.2, 0) is 9.53 Å². The van der Waals surface area contributed by atoms with Crippen molar-refractivity contribution in [3.05, 3.63) is 34.6 Å². The van der Waals surface area contributed by atoms with E-state index in [4.69, 9.17) is 22.1 Å². The van der Waals surface area contributed by atoms with Crippen LogP contribution in [0, 0.1) is 11.7 Å². The van der Waals surface area contributed by atoms with Gasteiger partial charge in [-0.05, 0) is 36.6 Å². The minimum Gasteiger partial charge on any atom is -0.434 e. The normalized spacial score (nSPS) is 24.5. The number of primary amides is 1. The zero-order chi connectivity index (χ0) is 20.6. The van der Waals surface area contributed by atoms with Crippen LogP contribution in [0.2, 0.25) is 5.02 Å². The number of carbonyl (C=O) groups is 2. The van der Waals surface area contributed by atoms with Crippen LogP contribution in [0.25, 0.3) is 0 Å². The maximum absolute atomic E-state index is 13.6. The van der Waals surface area contributed by atoms with E-state index in [0.29, 0.717) is 12.0 Å². The van der Waals surface area contributed by atoms with E-state index >= 15 is 0 Å². The highest BCUT2D eigenvalue weighted by atomic mass is 35.5. The van der Waals surface area contributed by atoms with Crippen molar-refractivity contribution >= 4 is 23.6 Å². The van der Waals surface area contributed by atoms with Crippen molar-refractivity contribution in [2.45, 2.75) is 24.7 Å². The van der Waals surface area contributed by atoms with Crippen LogP contribution in [0.15, 0.2) is 18.2 Å². The third-order valence-electron chi connectivity index (χ3n) is 4.94. The molecule has 1 unspecified atom stereocenters. The molecule has 0 saturated carbocycles. The molecule has 28 heavy (non-hydrogen) atoms. The number of hydrogen-bond donors (Lipinski definition) is 1. The molecule has 3 rings (SSSR count). The second-order valence-corrected chi connectivity index (χ2v) is 7.35. The van der Waals surface area contributed by atoms with Crippen LogP contribution in [0.4, 0.5) is 22.4 Å². The van der Waals surface area contributed by atoms with Gasteiger partial charge in [-0.2, -0.15) is 13.2 Å². The fraction of sp³-hybridized carbons (Fsp3) is 0.529. The maximum Gasteiger partial charge on any atom is 0.411 e. The van der Waals surface area contributed by atoms with Gasteiger partial charge in [-0.1, -0.05) is 17.7 Å². The van der Waals surface area contributed by atoms with Gasteiger partial charge in [-0.15, -0.1) is 0 Å². The predicted molar refractivity (Wildman–Crippen MR) is 90.9 cm³/mol. The van der Waals surface area contributed by atoms with Crippen LogP contribution in [0.3, 0.4) is 0 Å². The number of hydrogen-bond acceptors (Lipinski definition) is 4. The molecular weight excluding hydrogens is 406 g/mol. The SMILES string of the molecule is NC(=O)C1CN([C@H](c2ccc(F)c(Cl)c2)[C@@H]2CCN(CC(F)(F)F)C2)C(=O)O1. The van der Waals surface area contributed by atoms with E-state index in [9.17, 15) is 27.2 Å². The fourth-order valence-electron chi connectivity index (χ4n) is 3.78. The number of likely N-dealkylation sites (tertiary alicyclic amines) is 1. The Morgan fingerprint density at radius 2 is 2.07 bits per heavy atom. The standard InChI is InChI=1S/C17H18ClF4N3O3/c18-11-5-9(1-2-12(11)19)14(25-7-13(15(23)26)28-16(25)27)10-3-4-24(6-10)8-17(20,21)22/h1-2,5,10,13-14H,3-4,6-8H2,(H2,23,26)/t10-,13?,14-/m1/s1. The van der Waals surface area contributed by atoms with E-state index in [-0.39, 0.29) is 30.6 Å². The highest BCUT2D eigenvalue weighted by Gasteiger charge is 2.45. The Balaban J connectivity index is 1.88. The number of rotatable bonds is 5. The monoisotopic (exact) mass is 423 g/mol. The Labute approximate surface area is 163 Å². The van der Waals surface area contributed by atoms with Gasteiger partial charge < -0.3 is 10.5 Å². The van der Waals surface area contributed by atoms with Gasteiger partial charge in [-0.3, -0.25) is 14.6 Å². The Morgan fingerprint density at radius 3 is 2.64 bits per heavy atom. The Bertz CT molecular complexity index is 777. The van der Waals surface area contributed by atoms with E-state index < -0.39 is 42.7 Å². The number of cyclic esters (lactones) is 1. The van der Waals surface area contributed by atoms with Gasteiger partial charge in [0.15, 0.2) is 6.10 Å². The zero-order valence-electron chi connectivity index (χ0n) is 14.6. The molecule has 2 amide bonds. The first-order chi connectivity index (χ1) is 13.0. The molecule has 0 bridgehead atoms. The van der Waals surface area contributed by atoms with E-state index in [1.54, 1.807) is 0 Å². The second-order valence-electron chi connectivity index (χ2n) is 6.94. The maximum atomic E-state index is 13.6. The van der Waals surface area contributed by atoms with Crippen molar-refractivity contribution in [1.29, 1.82) is 0 Å². The van der Waals surface area contributed by atoms with E-state index in [0.717, 1.165) is 6.07 Å². The average Bonchev–Trinajstić information content (AvgIpc) is 3.17. The summed E-state index contributed by atoms with van der Waals surface area (Å²) < 4.78 is 56.7. The summed E-state index contributed by atoms with van der Waals surface area (Å²) in [5.74, 6) is -1.87. The Kier molecular flexibility index (Phi) is 5.72. The number of amides is 2. The van der Waals surface area contributed by atoms with Crippen molar-refractivity contribution in [2.24, 2.45) is 11.7 Å². The molecule has 2 heterocycles. The lowest BCUT2D eigenvalue weighted by Gasteiger charge is -2.31. The molecule has 1 aromatic carbocycles. The summed E-state index contributed by atoms with van der Waals surface area (Å²) in [6.45, 7) is -0.930. The number of nitrogens with zero attached hydrogens (tertiary/aromatic N) is 2. The van der Waals surface area contributed by atoms with Gasteiger partial charge in [0.2, 0.25) is 0 Å². The molecular formula is C17H18ClF4N3O3. The molecule has 2 saturated heterocycles. The zero-order valence-corrected chi connectivity index (χ0v) is 15.3. The number of benzene rings is 1. The minimum atomic E-state index is -4.34. The molecule has 6 nitrogen and oxygen atoms in total. The van der Waals surface area contributed by atoms with E-state index in [1.807, 2.05) is 0 Å². The molecule has 0 aromatic heterocycles. The highest BCUT2D eigenvalue weighted by Crippen LogP contribution is 2.39. The van der Waals surface area contributed by atoms with E-state index in [1.165, 1.54) is 21.9 Å².